The van der Waals surface area contributed by atoms with Gasteiger partial charge in [-0.1, -0.05) is 24.3 Å². The predicted molar refractivity (Wildman–Crippen MR) is 95.8 cm³/mol. The molecule has 1 aliphatic heterocycles. The minimum Gasteiger partial charge on any atom is -0.491 e. The summed E-state index contributed by atoms with van der Waals surface area (Å²) in [5.74, 6) is 0.757. The number of aryl methyl sites for hydroxylation is 1. The SMILES string of the molecule is COC1(COc2ccccc2)CCCN(C(=O)c2cccc(C)n2)C1. The number of ether oxygens (including phenoxy) is 2. The third kappa shape index (κ3) is 4.17. The van der Waals surface area contributed by atoms with E-state index < -0.39 is 5.60 Å². The second-order valence-corrected chi connectivity index (χ2v) is 6.48. The van der Waals surface area contributed by atoms with Crippen LogP contribution in [0.1, 0.15) is 29.0 Å². The first-order valence-electron chi connectivity index (χ1n) is 8.58. The number of hydrogen-bond donors (Lipinski definition) is 0. The van der Waals surface area contributed by atoms with Crippen LogP contribution in [0.2, 0.25) is 0 Å². The molecule has 5 nitrogen and oxygen atoms in total. The Labute approximate surface area is 148 Å². The molecule has 3 rings (SSSR count). The lowest BCUT2D eigenvalue weighted by Crippen LogP contribution is -2.54. The molecule has 5 heteroatoms. The molecule has 1 unspecified atom stereocenters. The summed E-state index contributed by atoms with van der Waals surface area (Å²) in [7, 11) is 1.69. The van der Waals surface area contributed by atoms with Crippen molar-refractivity contribution in [3.8, 4) is 5.75 Å². The number of para-hydroxylation sites is 1. The van der Waals surface area contributed by atoms with E-state index in [2.05, 4.69) is 4.98 Å². The van der Waals surface area contributed by atoms with E-state index in [9.17, 15) is 4.79 Å². The van der Waals surface area contributed by atoms with Gasteiger partial charge >= 0.3 is 0 Å². The van der Waals surface area contributed by atoms with E-state index in [0.717, 1.165) is 24.3 Å². The molecule has 0 spiro atoms. The van der Waals surface area contributed by atoms with Crippen molar-refractivity contribution < 1.29 is 14.3 Å². The van der Waals surface area contributed by atoms with Crippen molar-refractivity contribution in [3.63, 3.8) is 0 Å². The highest BCUT2D eigenvalue weighted by Gasteiger charge is 2.38. The van der Waals surface area contributed by atoms with Crippen LogP contribution in [0.15, 0.2) is 48.5 Å². The first-order chi connectivity index (χ1) is 12.1. The highest BCUT2D eigenvalue weighted by molar-refractivity contribution is 5.92. The Kier molecular flexibility index (Phi) is 5.34. The number of amides is 1. The first-order valence-corrected chi connectivity index (χ1v) is 8.58. The van der Waals surface area contributed by atoms with Crippen molar-refractivity contribution in [2.45, 2.75) is 25.4 Å². The molecular weight excluding hydrogens is 316 g/mol. The van der Waals surface area contributed by atoms with E-state index in [4.69, 9.17) is 9.47 Å². The molecule has 2 heterocycles. The number of benzene rings is 1. The Morgan fingerprint density at radius 2 is 2.00 bits per heavy atom. The van der Waals surface area contributed by atoms with Crippen LogP contribution in [0.3, 0.4) is 0 Å². The van der Waals surface area contributed by atoms with Crippen molar-refractivity contribution in [2.24, 2.45) is 0 Å². The monoisotopic (exact) mass is 340 g/mol. The molecule has 1 atom stereocenters. The fourth-order valence-electron chi connectivity index (χ4n) is 3.17. The fraction of sp³-hybridized carbons (Fsp3) is 0.400. The minimum atomic E-state index is -0.492. The van der Waals surface area contributed by atoms with Crippen molar-refractivity contribution in [3.05, 3.63) is 59.9 Å². The van der Waals surface area contributed by atoms with Crippen LogP contribution in [-0.4, -0.2) is 48.2 Å². The first kappa shape index (κ1) is 17.4. The van der Waals surface area contributed by atoms with Crippen molar-refractivity contribution in [1.82, 2.24) is 9.88 Å². The van der Waals surface area contributed by atoms with Crippen molar-refractivity contribution >= 4 is 5.91 Å². The van der Waals surface area contributed by atoms with Crippen LogP contribution in [0, 0.1) is 6.92 Å². The van der Waals surface area contributed by atoms with Gasteiger partial charge in [0, 0.05) is 19.3 Å². The molecule has 1 amide bonds. The summed E-state index contributed by atoms with van der Waals surface area (Å²) in [4.78, 5) is 19.0. The third-order valence-corrected chi connectivity index (χ3v) is 4.61. The van der Waals surface area contributed by atoms with E-state index >= 15 is 0 Å². The molecule has 132 valence electrons. The zero-order valence-electron chi connectivity index (χ0n) is 14.8. The molecule has 2 aromatic rings. The van der Waals surface area contributed by atoms with Gasteiger partial charge in [-0.05, 0) is 44.0 Å². The normalized spacial score (nSPS) is 20.3. The average Bonchev–Trinajstić information content (AvgIpc) is 2.67. The Morgan fingerprint density at radius 3 is 2.72 bits per heavy atom. The van der Waals surface area contributed by atoms with Crippen LogP contribution in [0.5, 0.6) is 5.75 Å². The molecule has 25 heavy (non-hydrogen) atoms. The van der Waals surface area contributed by atoms with Gasteiger partial charge in [-0.25, -0.2) is 4.98 Å². The van der Waals surface area contributed by atoms with Gasteiger partial charge in [0.15, 0.2) is 0 Å². The lowest BCUT2D eigenvalue weighted by molar-refractivity contribution is -0.0825. The van der Waals surface area contributed by atoms with E-state index in [1.165, 1.54) is 0 Å². The molecule has 1 aromatic carbocycles. The molecule has 0 bridgehead atoms. The second kappa shape index (κ2) is 7.66. The Balaban J connectivity index is 1.70. The molecule has 0 N–H and O–H groups in total. The zero-order chi connectivity index (χ0) is 17.7. The number of likely N-dealkylation sites (tertiary alicyclic amines) is 1. The van der Waals surface area contributed by atoms with Crippen LogP contribution in [0.25, 0.3) is 0 Å². The van der Waals surface area contributed by atoms with Gasteiger partial charge < -0.3 is 14.4 Å². The number of piperidine rings is 1. The number of nitrogens with zero attached hydrogens (tertiary/aromatic N) is 2. The Hall–Kier alpha value is -2.40. The largest absolute Gasteiger partial charge is 0.491 e. The molecule has 0 saturated carbocycles. The molecule has 0 radical (unpaired) electrons. The number of hydrogen-bond acceptors (Lipinski definition) is 4. The van der Waals surface area contributed by atoms with E-state index in [-0.39, 0.29) is 5.91 Å². The number of aromatic nitrogens is 1. The molecule has 1 aliphatic rings. The highest BCUT2D eigenvalue weighted by atomic mass is 16.5. The van der Waals surface area contributed by atoms with Crippen molar-refractivity contribution in [2.75, 3.05) is 26.8 Å². The maximum Gasteiger partial charge on any atom is 0.272 e. The fourth-order valence-corrected chi connectivity index (χ4v) is 3.17. The molecule has 1 aromatic heterocycles. The topological polar surface area (TPSA) is 51.7 Å². The van der Waals surface area contributed by atoms with Gasteiger partial charge in [0.25, 0.3) is 5.91 Å². The number of carbonyl (C=O) groups is 1. The zero-order valence-corrected chi connectivity index (χ0v) is 14.8. The average molecular weight is 340 g/mol. The summed E-state index contributed by atoms with van der Waals surface area (Å²) in [5, 5.41) is 0. The molecular formula is C20H24N2O3. The quantitative estimate of drug-likeness (QED) is 0.839. The maximum absolute atomic E-state index is 12.8. The Bertz CT molecular complexity index is 720. The number of carbonyl (C=O) groups excluding carboxylic acids is 1. The summed E-state index contributed by atoms with van der Waals surface area (Å²) in [6.07, 6.45) is 1.74. The summed E-state index contributed by atoms with van der Waals surface area (Å²) in [5.41, 5.74) is 0.831. The smallest absolute Gasteiger partial charge is 0.272 e. The van der Waals surface area contributed by atoms with Gasteiger partial charge in [-0.15, -0.1) is 0 Å². The summed E-state index contributed by atoms with van der Waals surface area (Å²) >= 11 is 0. The van der Waals surface area contributed by atoms with Gasteiger partial charge in [0.1, 0.15) is 23.7 Å². The van der Waals surface area contributed by atoms with Crippen LogP contribution >= 0.6 is 0 Å². The Morgan fingerprint density at radius 1 is 1.20 bits per heavy atom. The summed E-state index contributed by atoms with van der Waals surface area (Å²) in [6, 6.07) is 15.2. The van der Waals surface area contributed by atoms with Gasteiger partial charge in [-0.2, -0.15) is 0 Å². The molecule has 1 saturated heterocycles. The van der Waals surface area contributed by atoms with Crippen LogP contribution in [0.4, 0.5) is 0 Å². The van der Waals surface area contributed by atoms with Gasteiger partial charge in [0.2, 0.25) is 0 Å². The van der Waals surface area contributed by atoms with Crippen LogP contribution in [-0.2, 0) is 4.74 Å². The van der Waals surface area contributed by atoms with Crippen molar-refractivity contribution in [1.29, 1.82) is 0 Å². The number of rotatable bonds is 5. The van der Waals surface area contributed by atoms with Crippen LogP contribution < -0.4 is 4.74 Å². The van der Waals surface area contributed by atoms with E-state index in [1.54, 1.807) is 13.2 Å². The second-order valence-electron chi connectivity index (χ2n) is 6.48. The number of methoxy groups -OCH3 is 1. The lowest BCUT2D eigenvalue weighted by Gasteiger charge is -2.41. The van der Waals surface area contributed by atoms with E-state index in [0.29, 0.717) is 25.4 Å². The minimum absolute atomic E-state index is 0.0514. The van der Waals surface area contributed by atoms with Gasteiger partial charge in [-0.3, -0.25) is 4.79 Å². The third-order valence-electron chi connectivity index (χ3n) is 4.61. The molecule has 0 aliphatic carbocycles. The van der Waals surface area contributed by atoms with E-state index in [1.807, 2.05) is 54.3 Å². The molecule has 1 fully saturated rings. The highest BCUT2D eigenvalue weighted by Crippen LogP contribution is 2.27. The number of pyridine rings is 1. The summed E-state index contributed by atoms with van der Waals surface area (Å²) in [6.45, 7) is 3.52. The van der Waals surface area contributed by atoms with Gasteiger partial charge in [0.05, 0.1) is 6.54 Å². The maximum atomic E-state index is 12.8. The standard InChI is InChI=1S/C20H24N2O3/c1-16-8-6-11-18(21-16)19(23)22-13-7-12-20(14-22,24-2)15-25-17-9-4-3-5-10-17/h3-6,8-11H,7,12-15H2,1-2H3. The lowest BCUT2D eigenvalue weighted by atomic mass is 9.93. The summed E-state index contributed by atoms with van der Waals surface area (Å²) < 4.78 is 11.7. The predicted octanol–water partition coefficient (Wildman–Crippen LogP) is 3.09.